The van der Waals surface area contributed by atoms with Gasteiger partial charge in [-0.1, -0.05) is 30.0 Å². The smallest absolute Gasteiger partial charge is 0.237 e. The van der Waals surface area contributed by atoms with Gasteiger partial charge in [-0.05, 0) is 36.4 Å². The number of thioether (sulfide) groups is 1. The second kappa shape index (κ2) is 7.48. The number of nitrogens with zero attached hydrogens (tertiary/aromatic N) is 4. The maximum Gasteiger partial charge on any atom is 0.237 e. The van der Waals surface area contributed by atoms with Crippen molar-refractivity contribution in [3.63, 3.8) is 0 Å². The first-order valence-electron chi connectivity index (χ1n) is 7.66. The lowest BCUT2D eigenvalue weighted by molar-refractivity contribution is -0.115. The van der Waals surface area contributed by atoms with E-state index in [1.807, 2.05) is 37.4 Å². The van der Waals surface area contributed by atoms with Crippen molar-refractivity contribution in [2.24, 2.45) is 7.05 Å². The van der Waals surface area contributed by atoms with Crippen LogP contribution in [0.25, 0.3) is 11.4 Å². The SMILES string of the molecule is CN(C(=O)CSc1nnc(-c2ccc(F)cc2)n1C)c1ccccc1. The first kappa shape index (κ1) is 17.2. The molecule has 1 aromatic heterocycles. The van der Waals surface area contributed by atoms with Crippen LogP contribution in [0.4, 0.5) is 10.1 Å². The molecule has 0 fully saturated rings. The number of aromatic nitrogens is 3. The van der Waals surface area contributed by atoms with Crippen LogP contribution in [0.5, 0.6) is 0 Å². The van der Waals surface area contributed by atoms with E-state index in [-0.39, 0.29) is 17.5 Å². The molecule has 3 aromatic rings. The minimum absolute atomic E-state index is 0.0254. The van der Waals surface area contributed by atoms with Crippen LogP contribution in [0, 0.1) is 5.82 Å². The summed E-state index contributed by atoms with van der Waals surface area (Å²) < 4.78 is 14.8. The molecule has 3 rings (SSSR count). The molecule has 2 aromatic carbocycles. The number of hydrogen-bond acceptors (Lipinski definition) is 4. The Labute approximate surface area is 149 Å². The van der Waals surface area contributed by atoms with Crippen LogP contribution in [-0.2, 0) is 11.8 Å². The third-order valence-corrected chi connectivity index (χ3v) is 4.78. The molecule has 0 atom stereocenters. The normalized spacial score (nSPS) is 10.7. The Kier molecular flexibility index (Phi) is 5.14. The van der Waals surface area contributed by atoms with Crippen LogP contribution in [-0.4, -0.2) is 33.5 Å². The number of amides is 1. The van der Waals surface area contributed by atoms with Gasteiger partial charge in [0.2, 0.25) is 5.91 Å². The maximum atomic E-state index is 13.0. The topological polar surface area (TPSA) is 51.0 Å². The van der Waals surface area contributed by atoms with E-state index in [1.54, 1.807) is 28.6 Å². The Morgan fingerprint density at radius 2 is 1.80 bits per heavy atom. The summed E-state index contributed by atoms with van der Waals surface area (Å²) in [5.41, 5.74) is 1.62. The number of halogens is 1. The van der Waals surface area contributed by atoms with Crippen molar-refractivity contribution in [1.29, 1.82) is 0 Å². The fourth-order valence-corrected chi connectivity index (χ4v) is 3.13. The Hall–Kier alpha value is -2.67. The second-order valence-corrected chi connectivity index (χ2v) is 6.39. The molecule has 0 spiro atoms. The number of para-hydroxylation sites is 1. The second-order valence-electron chi connectivity index (χ2n) is 5.45. The molecule has 128 valence electrons. The molecule has 5 nitrogen and oxygen atoms in total. The van der Waals surface area contributed by atoms with Crippen LogP contribution in [0.2, 0.25) is 0 Å². The number of carbonyl (C=O) groups excluding carboxylic acids is 1. The van der Waals surface area contributed by atoms with Gasteiger partial charge in [0.15, 0.2) is 11.0 Å². The summed E-state index contributed by atoms with van der Waals surface area (Å²) in [6, 6.07) is 15.5. The highest BCUT2D eigenvalue weighted by molar-refractivity contribution is 7.99. The van der Waals surface area contributed by atoms with Crippen molar-refractivity contribution in [1.82, 2.24) is 14.8 Å². The van der Waals surface area contributed by atoms with Gasteiger partial charge >= 0.3 is 0 Å². The summed E-state index contributed by atoms with van der Waals surface area (Å²) in [6.07, 6.45) is 0. The van der Waals surface area contributed by atoms with Crippen LogP contribution in [0.15, 0.2) is 59.8 Å². The predicted molar refractivity (Wildman–Crippen MR) is 97.0 cm³/mol. The first-order valence-corrected chi connectivity index (χ1v) is 8.64. The zero-order chi connectivity index (χ0) is 17.8. The summed E-state index contributed by atoms with van der Waals surface area (Å²) in [7, 11) is 3.57. The highest BCUT2D eigenvalue weighted by Crippen LogP contribution is 2.23. The molecule has 0 N–H and O–H groups in total. The molecule has 0 aliphatic heterocycles. The van der Waals surface area contributed by atoms with Gasteiger partial charge in [-0.25, -0.2) is 4.39 Å². The molecular weight excluding hydrogens is 339 g/mol. The fourth-order valence-electron chi connectivity index (χ4n) is 2.31. The number of benzene rings is 2. The highest BCUT2D eigenvalue weighted by atomic mass is 32.2. The molecule has 0 bridgehead atoms. The summed E-state index contributed by atoms with van der Waals surface area (Å²) in [4.78, 5) is 14.0. The lowest BCUT2D eigenvalue weighted by Crippen LogP contribution is -2.27. The van der Waals surface area contributed by atoms with E-state index in [2.05, 4.69) is 10.2 Å². The summed E-state index contributed by atoms with van der Waals surface area (Å²) in [5.74, 6) is 0.560. The first-order chi connectivity index (χ1) is 12.1. The van der Waals surface area contributed by atoms with E-state index in [0.29, 0.717) is 11.0 Å². The van der Waals surface area contributed by atoms with Crippen molar-refractivity contribution in [2.45, 2.75) is 5.16 Å². The van der Waals surface area contributed by atoms with E-state index in [1.165, 1.54) is 23.9 Å². The molecule has 0 radical (unpaired) electrons. The standard InChI is InChI=1S/C18H17FN4OS/c1-22(15-6-4-3-5-7-15)16(24)12-25-18-21-20-17(23(18)2)13-8-10-14(19)11-9-13/h3-11H,12H2,1-2H3. The molecular formula is C18H17FN4OS. The van der Waals surface area contributed by atoms with Gasteiger partial charge in [-0.3, -0.25) is 4.79 Å². The Morgan fingerprint density at radius 3 is 2.48 bits per heavy atom. The highest BCUT2D eigenvalue weighted by Gasteiger charge is 2.15. The van der Waals surface area contributed by atoms with Gasteiger partial charge < -0.3 is 9.47 Å². The van der Waals surface area contributed by atoms with Crippen molar-refractivity contribution in [3.05, 3.63) is 60.4 Å². The Balaban J connectivity index is 1.68. The summed E-state index contributed by atoms with van der Waals surface area (Å²) in [6.45, 7) is 0. The number of carbonyl (C=O) groups is 1. The third-order valence-electron chi connectivity index (χ3n) is 3.78. The van der Waals surface area contributed by atoms with E-state index in [9.17, 15) is 9.18 Å². The number of anilines is 1. The monoisotopic (exact) mass is 356 g/mol. The zero-order valence-corrected chi connectivity index (χ0v) is 14.7. The molecule has 0 saturated carbocycles. The van der Waals surface area contributed by atoms with Crippen LogP contribution < -0.4 is 4.90 Å². The number of hydrogen-bond donors (Lipinski definition) is 0. The van der Waals surface area contributed by atoms with E-state index in [0.717, 1.165) is 11.3 Å². The molecule has 1 heterocycles. The van der Waals surface area contributed by atoms with Crippen molar-refractivity contribution >= 4 is 23.4 Å². The molecule has 0 aliphatic rings. The zero-order valence-electron chi connectivity index (χ0n) is 13.9. The molecule has 0 saturated heterocycles. The molecule has 7 heteroatoms. The quantitative estimate of drug-likeness (QED) is 0.658. The molecule has 25 heavy (non-hydrogen) atoms. The Morgan fingerprint density at radius 1 is 1.12 bits per heavy atom. The van der Waals surface area contributed by atoms with Crippen LogP contribution in [0.3, 0.4) is 0 Å². The van der Waals surface area contributed by atoms with E-state index in [4.69, 9.17) is 0 Å². The summed E-state index contributed by atoms with van der Waals surface area (Å²) in [5, 5.41) is 8.90. The van der Waals surface area contributed by atoms with Gasteiger partial charge in [0.1, 0.15) is 5.82 Å². The molecule has 0 aliphatic carbocycles. The van der Waals surface area contributed by atoms with Gasteiger partial charge in [-0.15, -0.1) is 10.2 Å². The average molecular weight is 356 g/mol. The average Bonchev–Trinajstić information content (AvgIpc) is 3.01. The van der Waals surface area contributed by atoms with Crippen molar-refractivity contribution in [2.75, 3.05) is 17.7 Å². The predicted octanol–water partition coefficient (Wildman–Crippen LogP) is 3.38. The maximum absolute atomic E-state index is 13.0. The van der Waals surface area contributed by atoms with Gasteiger partial charge in [0, 0.05) is 25.3 Å². The minimum Gasteiger partial charge on any atom is -0.315 e. The largest absolute Gasteiger partial charge is 0.315 e. The van der Waals surface area contributed by atoms with Gasteiger partial charge in [0.25, 0.3) is 0 Å². The van der Waals surface area contributed by atoms with Crippen LogP contribution >= 0.6 is 11.8 Å². The molecule has 0 unspecified atom stereocenters. The van der Waals surface area contributed by atoms with E-state index < -0.39 is 0 Å². The molecule has 1 amide bonds. The number of rotatable bonds is 5. The minimum atomic E-state index is -0.296. The summed E-state index contributed by atoms with van der Waals surface area (Å²) >= 11 is 1.32. The lowest BCUT2D eigenvalue weighted by atomic mass is 10.2. The van der Waals surface area contributed by atoms with Crippen LogP contribution in [0.1, 0.15) is 0 Å². The Bertz CT molecular complexity index is 865. The van der Waals surface area contributed by atoms with E-state index >= 15 is 0 Å². The third kappa shape index (κ3) is 3.88. The van der Waals surface area contributed by atoms with Gasteiger partial charge in [-0.2, -0.15) is 0 Å². The van der Waals surface area contributed by atoms with Gasteiger partial charge in [0.05, 0.1) is 5.75 Å². The lowest BCUT2D eigenvalue weighted by Gasteiger charge is -2.16. The van der Waals surface area contributed by atoms with Crippen molar-refractivity contribution < 1.29 is 9.18 Å². The fraction of sp³-hybridized carbons (Fsp3) is 0.167. The van der Waals surface area contributed by atoms with Crippen molar-refractivity contribution in [3.8, 4) is 11.4 Å².